The molecular weight excluding hydrogens is 194 g/mol. The van der Waals surface area contributed by atoms with Crippen molar-refractivity contribution >= 4 is 10.0 Å². The summed E-state index contributed by atoms with van der Waals surface area (Å²) in [6.07, 6.45) is 1.54. The van der Waals surface area contributed by atoms with Crippen LogP contribution in [0.15, 0.2) is 0 Å². The first-order valence-corrected chi connectivity index (χ1v) is 5.76. The standard InChI is InChI=1S/C7H15NO4S/c1-11-4-5-12-6-8-13(9,10)7-2-3-7/h7-8H,2-6H2,1H3. The van der Waals surface area contributed by atoms with Gasteiger partial charge in [-0.2, -0.15) is 4.72 Å². The Morgan fingerprint density at radius 1 is 1.38 bits per heavy atom. The quantitative estimate of drug-likeness (QED) is 0.461. The van der Waals surface area contributed by atoms with Gasteiger partial charge in [0.05, 0.1) is 18.5 Å². The molecule has 0 heterocycles. The average molecular weight is 209 g/mol. The lowest BCUT2D eigenvalue weighted by Crippen LogP contribution is -2.29. The molecule has 6 heteroatoms. The Balaban J connectivity index is 2.04. The van der Waals surface area contributed by atoms with Crippen LogP contribution in [0.5, 0.6) is 0 Å². The van der Waals surface area contributed by atoms with Gasteiger partial charge in [0.15, 0.2) is 0 Å². The molecule has 0 amide bonds. The number of sulfonamides is 1. The normalized spacial score (nSPS) is 17.6. The molecule has 0 unspecified atom stereocenters. The van der Waals surface area contributed by atoms with Crippen molar-refractivity contribution in [3.8, 4) is 0 Å². The van der Waals surface area contributed by atoms with Crippen molar-refractivity contribution in [1.82, 2.24) is 4.72 Å². The number of ether oxygens (including phenoxy) is 2. The SMILES string of the molecule is COCCOCNS(=O)(=O)C1CC1. The molecule has 0 aromatic rings. The largest absolute Gasteiger partial charge is 0.382 e. The van der Waals surface area contributed by atoms with Crippen LogP contribution in [-0.4, -0.2) is 40.7 Å². The van der Waals surface area contributed by atoms with E-state index in [0.717, 1.165) is 12.8 Å². The van der Waals surface area contributed by atoms with Crippen molar-refractivity contribution in [3.63, 3.8) is 0 Å². The fourth-order valence-corrected chi connectivity index (χ4v) is 2.07. The molecule has 0 saturated heterocycles. The summed E-state index contributed by atoms with van der Waals surface area (Å²) < 4.78 is 34.5. The predicted molar refractivity (Wildman–Crippen MR) is 47.8 cm³/mol. The van der Waals surface area contributed by atoms with Gasteiger partial charge in [0, 0.05) is 7.11 Å². The maximum atomic E-state index is 11.2. The summed E-state index contributed by atoms with van der Waals surface area (Å²) in [5, 5.41) is -0.182. The van der Waals surface area contributed by atoms with Crippen LogP contribution in [0.3, 0.4) is 0 Å². The molecular formula is C7H15NO4S. The van der Waals surface area contributed by atoms with Gasteiger partial charge >= 0.3 is 0 Å². The minimum absolute atomic E-state index is 0.0438. The molecule has 0 radical (unpaired) electrons. The zero-order chi connectivity index (χ0) is 9.73. The molecule has 0 bridgehead atoms. The molecule has 0 aromatic heterocycles. The summed E-state index contributed by atoms with van der Waals surface area (Å²) in [7, 11) is -1.52. The van der Waals surface area contributed by atoms with E-state index in [4.69, 9.17) is 9.47 Å². The van der Waals surface area contributed by atoms with Gasteiger partial charge < -0.3 is 9.47 Å². The van der Waals surface area contributed by atoms with E-state index in [9.17, 15) is 8.42 Å². The Hall–Kier alpha value is -0.170. The predicted octanol–water partition coefficient (Wildman–Crippen LogP) is -0.311. The lowest BCUT2D eigenvalue weighted by atomic mass is 10.8. The maximum absolute atomic E-state index is 11.2. The zero-order valence-electron chi connectivity index (χ0n) is 7.65. The molecule has 78 valence electrons. The van der Waals surface area contributed by atoms with Crippen LogP contribution in [0.1, 0.15) is 12.8 Å². The van der Waals surface area contributed by atoms with Crippen LogP contribution < -0.4 is 4.72 Å². The fraction of sp³-hybridized carbons (Fsp3) is 1.00. The first-order valence-electron chi connectivity index (χ1n) is 4.22. The number of rotatable bonds is 7. The molecule has 0 aliphatic heterocycles. The highest BCUT2D eigenvalue weighted by atomic mass is 32.2. The molecule has 1 aliphatic rings. The highest BCUT2D eigenvalue weighted by Crippen LogP contribution is 2.27. The summed E-state index contributed by atoms with van der Waals surface area (Å²) in [6, 6.07) is 0. The van der Waals surface area contributed by atoms with E-state index >= 15 is 0 Å². The second-order valence-electron chi connectivity index (χ2n) is 2.93. The van der Waals surface area contributed by atoms with E-state index in [1.54, 1.807) is 7.11 Å². The number of methoxy groups -OCH3 is 1. The van der Waals surface area contributed by atoms with Gasteiger partial charge in [-0.1, -0.05) is 0 Å². The van der Waals surface area contributed by atoms with Gasteiger partial charge in [-0.3, -0.25) is 0 Å². The monoisotopic (exact) mass is 209 g/mol. The molecule has 1 saturated carbocycles. The van der Waals surface area contributed by atoms with Crippen molar-refractivity contribution in [3.05, 3.63) is 0 Å². The first kappa shape index (κ1) is 10.9. The lowest BCUT2D eigenvalue weighted by molar-refractivity contribution is 0.0687. The van der Waals surface area contributed by atoms with Gasteiger partial charge in [0.1, 0.15) is 6.73 Å². The van der Waals surface area contributed by atoms with Crippen LogP contribution in [-0.2, 0) is 19.5 Å². The Kier molecular flexibility index (Phi) is 4.11. The van der Waals surface area contributed by atoms with E-state index < -0.39 is 10.0 Å². The third kappa shape index (κ3) is 4.04. The van der Waals surface area contributed by atoms with Gasteiger partial charge in [0.25, 0.3) is 0 Å². The summed E-state index contributed by atoms with van der Waals surface area (Å²) in [4.78, 5) is 0. The Labute approximate surface area is 78.5 Å². The van der Waals surface area contributed by atoms with Crippen LogP contribution in [0.4, 0.5) is 0 Å². The molecule has 1 aliphatic carbocycles. The van der Waals surface area contributed by atoms with Gasteiger partial charge in [-0.05, 0) is 12.8 Å². The summed E-state index contributed by atoms with van der Waals surface area (Å²) in [6.45, 7) is 0.928. The van der Waals surface area contributed by atoms with Crippen molar-refractivity contribution in [2.24, 2.45) is 0 Å². The topological polar surface area (TPSA) is 64.6 Å². The van der Waals surface area contributed by atoms with E-state index in [0.29, 0.717) is 13.2 Å². The number of hydrogen-bond donors (Lipinski definition) is 1. The molecule has 1 rings (SSSR count). The molecule has 5 nitrogen and oxygen atoms in total. The maximum Gasteiger partial charge on any atom is 0.216 e. The first-order chi connectivity index (χ1) is 6.17. The number of hydrogen-bond acceptors (Lipinski definition) is 4. The van der Waals surface area contributed by atoms with Crippen LogP contribution in [0.25, 0.3) is 0 Å². The van der Waals surface area contributed by atoms with E-state index in [1.807, 2.05) is 0 Å². The molecule has 0 atom stereocenters. The van der Waals surface area contributed by atoms with Crippen molar-refractivity contribution in [1.29, 1.82) is 0 Å². The molecule has 0 aromatic carbocycles. The van der Waals surface area contributed by atoms with E-state index in [2.05, 4.69) is 4.72 Å². The van der Waals surface area contributed by atoms with Crippen molar-refractivity contribution in [2.45, 2.75) is 18.1 Å². The van der Waals surface area contributed by atoms with Gasteiger partial charge in [0.2, 0.25) is 10.0 Å². The smallest absolute Gasteiger partial charge is 0.216 e. The fourth-order valence-electron chi connectivity index (χ4n) is 0.834. The molecule has 0 spiro atoms. The van der Waals surface area contributed by atoms with Crippen LogP contribution >= 0.6 is 0 Å². The average Bonchev–Trinajstić information content (AvgIpc) is 2.86. The highest BCUT2D eigenvalue weighted by molar-refractivity contribution is 7.90. The van der Waals surface area contributed by atoms with Crippen LogP contribution in [0, 0.1) is 0 Å². The third-order valence-electron chi connectivity index (χ3n) is 1.76. The van der Waals surface area contributed by atoms with Gasteiger partial charge in [-0.25, -0.2) is 8.42 Å². The second-order valence-corrected chi connectivity index (χ2v) is 4.98. The van der Waals surface area contributed by atoms with Crippen molar-refractivity contribution in [2.75, 3.05) is 27.1 Å². The van der Waals surface area contributed by atoms with E-state index in [-0.39, 0.29) is 12.0 Å². The molecule has 13 heavy (non-hydrogen) atoms. The summed E-state index contributed by atoms with van der Waals surface area (Å²) in [5.41, 5.74) is 0. The summed E-state index contributed by atoms with van der Waals surface area (Å²) >= 11 is 0. The lowest BCUT2D eigenvalue weighted by Gasteiger charge is -2.05. The van der Waals surface area contributed by atoms with Crippen molar-refractivity contribution < 1.29 is 17.9 Å². The van der Waals surface area contributed by atoms with Crippen LogP contribution in [0.2, 0.25) is 0 Å². The molecule has 1 N–H and O–H groups in total. The van der Waals surface area contributed by atoms with Gasteiger partial charge in [-0.15, -0.1) is 0 Å². The minimum Gasteiger partial charge on any atom is -0.382 e. The highest BCUT2D eigenvalue weighted by Gasteiger charge is 2.35. The Morgan fingerprint density at radius 2 is 2.08 bits per heavy atom. The minimum atomic E-state index is -3.09. The van der Waals surface area contributed by atoms with E-state index in [1.165, 1.54) is 0 Å². The second kappa shape index (κ2) is 4.90. The zero-order valence-corrected chi connectivity index (χ0v) is 8.47. The number of nitrogens with one attached hydrogen (secondary N) is 1. The third-order valence-corrected chi connectivity index (χ3v) is 3.63. The summed E-state index contributed by atoms with van der Waals surface area (Å²) in [5.74, 6) is 0. The Bertz CT molecular complexity index is 235. The molecule has 1 fully saturated rings. The Morgan fingerprint density at radius 3 is 2.62 bits per heavy atom.